The molecule has 2 heterocycles. The summed E-state index contributed by atoms with van der Waals surface area (Å²) in [4.78, 5) is 44.7. The first kappa shape index (κ1) is 24.2. The van der Waals surface area contributed by atoms with Crippen molar-refractivity contribution in [3.8, 4) is 11.5 Å². The van der Waals surface area contributed by atoms with Gasteiger partial charge in [0.25, 0.3) is 5.56 Å². The van der Waals surface area contributed by atoms with Crippen molar-refractivity contribution in [1.82, 2.24) is 9.97 Å². The van der Waals surface area contributed by atoms with Gasteiger partial charge >= 0.3 is 5.97 Å². The van der Waals surface area contributed by atoms with Crippen molar-refractivity contribution < 1.29 is 23.8 Å². The molecule has 2 aromatic carbocycles. The Bertz CT molecular complexity index is 1410. The van der Waals surface area contributed by atoms with E-state index in [-0.39, 0.29) is 30.2 Å². The average molecular weight is 493 g/mol. The minimum atomic E-state index is -0.394. The zero-order valence-electron chi connectivity index (χ0n) is 19.3. The molecule has 0 amide bonds. The van der Waals surface area contributed by atoms with Crippen LogP contribution in [-0.2, 0) is 17.8 Å². The number of aromatic nitrogens is 2. The molecule has 0 unspecified atom stereocenters. The molecule has 0 aliphatic carbocycles. The fourth-order valence-electron chi connectivity index (χ4n) is 3.51. The van der Waals surface area contributed by atoms with Gasteiger partial charge in [-0.2, -0.15) is 0 Å². The van der Waals surface area contributed by atoms with Crippen LogP contribution in [0.25, 0.3) is 10.2 Å². The van der Waals surface area contributed by atoms with Crippen LogP contribution < -0.4 is 15.0 Å². The molecule has 4 aromatic rings. The zero-order chi connectivity index (χ0) is 24.8. The van der Waals surface area contributed by atoms with Crippen molar-refractivity contribution in [3.05, 3.63) is 86.8 Å². The molecule has 180 valence electrons. The Balaban J connectivity index is 1.43. The third kappa shape index (κ3) is 5.75. The molecule has 0 atom stereocenters. The summed E-state index contributed by atoms with van der Waals surface area (Å²) in [5, 5.41) is 2.20. The number of aromatic amines is 1. The van der Waals surface area contributed by atoms with Crippen LogP contribution >= 0.6 is 11.3 Å². The van der Waals surface area contributed by atoms with Gasteiger partial charge < -0.3 is 19.2 Å². The van der Waals surface area contributed by atoms with Crippen molar-refractivity contribution in [1.29, 1.82) is 0 Å². The number of hydrogen-bond donors (Lipinski definition) is 1. The van der Waals surface area contributed by atoms with Gasteiger partial charge in [-0.1, -0.05) is 12.1 Å². The highest BCUT2D eigenvalue weighted by atomic mass is 32.1. The Hall–Kier alpha value is -3.98. The van der Waals surface area contributed by atoms with Crippen LogP contribution in [0.5, 0.6) is 11.5 Å². The largest absolute Gasteiger partial charge is 0.497 e. The number of carbonyl (C=O) groups is 2. The smallest absolute Gasteiger partial charge is 0.338 e. The molecule has 0 saturated carbocycles. The first-order chi connectivity index (χ1) is 17.0. The van der Waals surface area contributed by atoms with E-state index in [0.29, 0.717) is 40.1 Å². The van der Waals surface area contributed by atoms with Crippen LogP contribution in [0.2, 0.25) is 0 Å². The number of nitrogens with zero attached hydrogens (tertiary/aromatic N) is 1. The Morgan fingerprint density at radius 3 is 2.63 bits per heavy atom. The second-order valence-electron chi connectivity index (χ2n) is 7.66. The van der Waals surface area contributed by atoms with Gasteiger partial charge in [-0.05, 0) is 55.3 Å². The zero-order valence-corrected chi connectivity index (χ0v) is 20.1. The number of H-pyrrole nitrogens is 1. The van der Waals surface area contributed by atoms with Crippen molar-refractivity contribution in [3.63, 3.8) is 0 Å². The van der Waals surface area contributed by atoms with Gasteiger partial charge in [0.05, 0.1) is 24.7 Å². The summed E-state index contributed by atoms with van der Waals surface area (Å²) in [6.07, 6.45) is 0.723. The standard InChI is InChI=1S/C26H24N2O6S/c1-3-33-26(31)17-8-10-19(11-9-17)34-14-18-15-35-25-22(18)24(30)27-23(28-25)21(29)12-7-16-5-4-6-20(13-16)32-2/h4-6,8-11,13,15H,3,7,12,14H2,1-2H3,(H,27,28,30). The molecular formula is C26H24N2O6S. The molecule has 2 aromatic heterocycles. The molecule has 1 N–H and O–H groups in total. The molecule has 0 bridgehead atoms. The number of Topliss-reactive ketones (excluding diaryl/α,β-unsaturated/α-hetero) is 1. The fraction of sp³-hybridized carbons (Fsp3) is 0.231. The highest BCUT2D eigenvalue weighted by Gasteiger charge is 2.16. The van der Waals surface area contributed by atoms with Gasteiger partial charge in [-0.15, -0.1) is 11.3 Å². The lowest BCUT2D eigenvalue weighted by Crippen LogP contribution is -2.16. The highest BCUT2D eigenvalue weighted by molar-refractivity contribution is 7.16. The number of ether oxygens (including phenoxy) is 3. The summed E-state index contributed by atoms with van der Waals surface area (Å²) < 4.78 is 16.0. The number of aryl methyl sites for hydroxylation is 1. The molecule has 0 fully saturated rings. The van der Waals surface area contributed by atoms with Gasteiger partial charge in [0.2, 0.25) is 0 Å². The van der Waals surface area contributed by atoms with Gasteiger partial charge in [-0.25, -0.2) is 9.78 Å². The molecule has 0 aliphatic heterocycles. The van der Waals surface area contributed by atoms with Crippen molar-refractivity contribution in [2.24, 2.45) is 0 Å². The van der Waals surface area contributed by atoms with Crippen LogP contribution in [0.3, 0.4) is 0 Å². The highest BCUT2D eigenvalue weighted by Crippen LogP contribution is 2.24. The molecule has 9 heteroatoms. The monoisotopic (exact) mass is 492 g/mol. The topological polar surface area (TPSA) is 108 Å². The van der Waals surface area contributed by atoms with Crippen LogP contribution in [0, 0.1) is 0 Å². The van der Waals surface area contributed by atoms with E-state index in [0.717, 1.165) is 11.3 Å². The Kier molecular flexibility index (Phi) is 7.57. The number of fused-ring (bicyclic) bond motifs is 1. The van der Waals surface area contributed by atoms with E-state index in [2.05, 4.69) is 9.97 Å². The average Bonchev–Trinajstić information content (AvgIpc) is 3.30. The number of nitrogens with one attached hydrogen (secondary N) is 1. The SMILES string of the molecule is CCOC(=O)c1ccc(OCc2csc3nc(C(=O)CCc4cccc(OC)c4)[nH]c(=O)c23)cc1. The molecule has 0 saturated heterocycles. The number of methoxy groups -OCH3 is 1. The molecule has 0 radical (unpaired) electrons. The minimum Gasteiger partial charge on any atom is -0.497 e. The van der Waals surface area contributed by atoms with E-state index in [1.54, 1.807) is 43.7 Å². The predicted molar refractivity (Wildman–Crippen MR) is 133 cm³/mol. The van der Waals surface area contributed by atoms with Crippen LogP contribution in [0.1, 0.15) is 45.4 Å². The molecule has 8 nitrogen and oxygen atoms in total. The maximum absolute atomic E-state index is 12.8. The number of hydrogen-bond acceptors (Lipinski definition) is 8. The van der Waals surface area contributed by atoms with E-state index in [9.17, 15) is 14.4 Å². The Labute approximate surface area is 205 Å². The van der Waals surface area contributed by atoms with E-state index >= 15 is 0 Å². The summed E-state index contributed by atoms with van der Waals surface area (Å²) in [5.41, 5.74) is 1.69. The number of rotatable bonds is 10. The second-order valence-corrected chi connectivity index (χ2v) is 8.52. The second kappa shape index (κ2) is 11.0. The Morgan fingerprint density at radius 2 is 1.89 bits per heavy atom. The van der Waals surface area contributed by atoms with Crippen molar-refractivity contribution >= 4 is 33.3 Å². The van der Waals surface area contributed by atoms with Crippen molar-refractivity contribution in [2.45, 2.75) is 26.4 Å². The predicted octanol–water partition coefficient (Wildman–Crippen LogP) is 4.56. The normalized spacial score (nSPS) is 10.8. The summed E-state index contributed by atoms with van der Waals surface area (Å²) in [6, 6.07) is 14.1. The van der Waals surface area contributed by atoms with Crippen LogP contribution in [0.4, 0.5) is 0 Å². The number of carbonyl (C=O) groups excluding carboxylic acids is 2. The van der Waals surface area contributed by atoms with Gasteiger partial charge in [0.15, 0.2) is 11.6 Å². The molecule has 0 aliphatic rings. The Morgan fingerprint density at radius 1 is 1.09 bits per heavy atom. The summed E-state index contributed by atoms with van der Waals surface area (Å²) >= 11 is 1.28. The summed E-state index contributed by atoms with van der Waals surface area (Å²) in [5.74, 6) is 0.695. The van der Waals surface area contributed by atoms with Crippen LogP contribution in [0.15, 0.2) is 58.7 Å². The first-order valence-corrected chi connectivity index (χ1v) is 11.9. The number of esters is 1. The van der Waals surface area contributed by atoms with Gasteiger partial charge in [-0.3, -0.25) is 9.59 Å². The summed E-state index contributed by atoms with van der Waals surface area (Å²) in [6.45, 7) is 2.20. The van der Waals surface area contributed by atoms with E-state index in [4.69, 9.17) is 14.2 Å². The molecule has 35 heavy (non-hydrogen) atoms. The van der Waals surface area contributed by atoms with E-state index < -0.39 is 5.97 Å². The third-order valence-corrected chi connectivity index (χ3v) is 6.24. The quantitative estimate of drug-likeness (QED) is 0.255. The minimum absolute atomic E-state index is 0.0502. The van der Waals surface area contributed by atoms with Crippen LogP contribution in [-0.4, -0.2) is 35.4 Å². The number of benzene rings is 2. The lowest BCUT2D eigenvalue weighted by Gasteiger charge is -2.07. The summed E-state index contributed by atoms with van der Waals surface area (Å²) in [7, 11) is 1.59. The molecular weight excluding hydrogens is 468 g/mol. The third-order valence-electron chi connectivity index (χ3n) is 5.32. The number of thiophene rings is 1. The maximum atomic E-state index is 12.8. The first-order valence-electron chi connectivity index (χ1n) is 11.0. The molecule has 4 rings (SSSR count). The molecule has 0 spiro atoms. The fourth-order valence-corrected chi connectivity index (χ4v) is 4.44. The number of ketones is 1. The maximum Gasteiger partial charge on any atom is 0.338 e. The van der Waals surface area contributed by atoms with E-state index in [1.165, 1.54) is 11.3 Å². The van der Waals surface area contributed by atoms with Gasteiger partial charge in [0, 0.05) is 17.4 Å². The lowest BCUT2D eigenvalue weighted by molar-refractivity contribution is 0.0526. The van der Waals surface area contributed by atoms with Crippen molar-refractivity contribution in [2.75, 3.05) is 13.7 Å². The lowest BCUT2D eigenvalue weighted by atomic mass is 10.1. The van der Waals surface area contributed by atoms with Gasteiger partial charge in [0.1, 0.15) is 22.9 Å². The van der Waals surface area contributed by atoms with E-state index in [1.807, 2.05) is 24.3 Å².